The normalized spacial score (nSPS) is 16.5. The maximum atomic E-state index is 5.75. The molecule has 1 heterocycles. The molecule has 12 heavy (non-hydrogen) atoms. The lowest BCUT2D eigenvalue weighted by Gasteiger charge is -2.02. The van der Waals surface area contributed by atoms with Crippen LogP contribution < -0.4 is 0 Å². The fourth-order valence-corrected chi connectivity index (χ4v) is 2.30. The lowest BCUT2D eigenvalue weighted by atomic mass is 10.3. The summed E-state index contributed by atoms with van der Waals surface area (Å²) in [5.74, 6) is 0. The number of pyridine rings is 1. The predicted molar refractivity (Wildman–Crippen MR) is 52.9 cm³/mol. The van der Waals surface area contributed by atoms with Crippen LogP contribution in [0.4, 0.5) is 0 Å². The highest BCUT2D eigenvalue weighted by Gasteiger charge is 2.23. The predicted octanol–water partition coefficient (Wildman–Crippen LogP) is 3.30. The number of hydrogen-bond acceptors (Lipinski definition) is 2. The van der Waals surface area contributed by atoms with E-state index in [1.54, 1.807) is 0 Å². The number of aryl methyl sites for hydroxylation is 1. The zero-order valence-corrected chi connectivity index (χ0v) is 8.45. The molecular formula is C9H10ClNS. The minimum absolute atomic E-state index is 0.590. The second-order valence-corrected chi connectivity index (χ2v) is 4.82. The van der Waals surface area contributed by atoms with E-state index in [1.807, 2.05) is 24.0 Å². The van der Waals surface area contributed by atoms with Gasteiger partial charge in [-0.15, -0.1) is 11.8 Å². The van der Waals surface area contributed by atoms with Crippen molar-refractivity contribution in [3.63, 3.8) is 0 Å². The van der Waals surface area contributed by atoms with Gasteiger partial charge < -0.3 is 0 Å². The first-order chi connectivity index (χ1) is 5.75. The highest BCUT2D eigenvalue weighted by atomic mass is 35.5. The molecule has 1 aromatic rings. The monoisotopic (exact) mass is 199 g/mol. The molecule has 0 N–H and O–H groups in total. The molecule has 1 fully saturated rings. The Morgan fingerprint density at radius 3 is 2.92 bits per heavy atom. The molecule has 0 spiro atoms. The second kappa shape index (κ2) is 3.27. The van der Waals surface area contributed by atoms with Crippen LogP contribution in [0.25, 0.3) is 0 Å². The van der Waals surface area contributed by atoms with E-state index in [2.05, 4.69) is 11.9 Å². The summed E-state index contributed by atoms with van der Waals surface area (Å²) in [5.41, 5.74) is 1.24. The number of halogens is 1. The van der Waals surface area contributed by atoms with Gasteiger partial charge in [0.1, 0.15) is 5.15 Å². The Morgan fingerprint density at radius 2 is 2.33 bits per heavy atom. The van der Waals surface area contributed by atoms with Crippen LogP contribution in [-0.4, -0.2) is 10.2 Å². The van der Waals surface area contributed by atoms with E-state index < -0.39 is 0 Å². The molecule has 0 radical (unpaired) electrons. The van der Waals surface area contributed by atoms with E-state index in [9.17, 15) is 0 Å². The van der Waals surface area contributed by atoms with Crippen LogP contribution in [0.2, 0.25) is 5.15 Å². The third-order valence-corrected chi connectivity index (χ3v) is 3.54. The van der Waals surface area contributed by atoms with Crippen molar-refractivity contribution >= 4 is 23.4 Å². The largest absolute Gasteiger partial charge is 0.243 e. The summed E-state index contributed by atoms with van der Waals surface area (Å²) < 4.78 is 0. The second-order valence-electron chi connectivity index (χ2n) is 3.09. The maximum Gasteiger partial charge on any atom is 0.129 e. The Kier molecular flexibility index (Phi) is 2.28. The molecule has 2 rings (SSSR count). The molecule has 0 amide bonds. The first kappa shape index (κ1) is 8.39. The van der Waals surface area contributed by atoms with E-state index in [-0.39, 0.29) is 0 Å². The molecule has 0 atom stereocenters. The van der Waals surface area contributed by atoms with Crippen molar-refractivity contribution in [1.29, 1.82) is 0 Å². The molecule has 0 bridgehead atoms. The Bertz CT molecular complexity index is 297. The molecule has 1 aliphatic carbocycles. The highest BCUT2D eigenvalue weighted by molar-refractivity contribution is 8.00. The summed E-state index contributed by atoms with van der Waals surface area (Å²) >= 11 is 7.67. The fraction of sp³-hybridized carbons (Fsp3) is 0.444. The number of nitrogens with zero attached hydrogens (tertiary/aromatic N) is 1. The summed E-state index contributed by atoms with van der Waals surface area (Å²) in [4.78, 5) is 5.34. The van der Waals surface area contributed by atoms with E-state index in [4.69, 9.17) is 11.6 Å². The molecule has 0 unspecified atom stereocenters. The number of thioether (sulfide) groups is 1. The van der Waals surface area contributed by atoms with E-state index in [1.165, 1.54) is 23.3 Å². The van der Waals surface area contributed by atoms with Crippen LogP contribution >= 0.6 is 23.4 Å². The van der Waals surface area contributed by atoms with Crippen molar-refractivity contribution in [2.45, 2.75) is 29.9 Å². The Balaban J connectivity index is 2.18. The van der Waals surface area contributed by atoms with Crippen LogP contribution in [-0.2, 0) is 0 Å². The third kappa shape index (κ3) is 1.93. The van der Waals surface area contributed by atoms with Crippen molar-refractivity contribution in [2.75, 3.05) is 0 Å². The van der Waals surface area contributed by atoms with Crippen molar-refractivity contribution in [3.05, 3.63) is 23.0 Å². The topological polar surface area (TPSA) is 12.9 Å². The molecule has 1 saturated carbocycles. The average Bonchev–Trinajstić information content (AvgIpc) is 2.79. The molecule has 3 heteroatoms. The van der Waals surface area contributed by atoms with Gasteiger partial charge in [-0.2, -0.15) is 0 Å². The maximum absolute atomic E-state index is 5.75. The smallest absolute Gasteiger partial charge is 0.129 e. The third-order valence-electron chi connectivity index (χ3n) is 1.85. The molecule has 0 aliphatic heterocycles. The molecule has 0 aromatic carbocycles. The zero-order chi connectivity index (χ0) is 8.55. The van der Waals surface area contributed by atoms with Crippen molar-refractivity contribution in [3.8, 4) is 0 Å². The van der Waals surface area contributed by atoms with Gasteiger partial charge in [0.05, 0.1) is 0 Å². The van der Waals surface area contributed by atoms with Gasteiger partial charge in [-0.3, -0.25) is 0 Å². The Labute approximate surface area is 81.5 Å². The van der Waals surface area contributed by atoms with Gasteiger partial charge in [-0.05, 0) is 31.4 Å². The van der Waals surface area contributed by atoms with Gasteiger partial charge in [0.25, 0.3) is 0 Å². The van der Waals surface area contributed by atoms with Crippen molar-refractivity contribution in [1.82, 2.24) is 4.98 Å². The number of rotatable bonds is 2. The standard InChI is InChI=1S/C9H10ClNS/c1-6-4-9(10)11-5-8(6)12-7-2-3-7/h4-5,7H,2-3H2,1H3. The molecule has 1 aromatic heterocycles. The van der Waals surface area contributed by atoms with Crippen LogP contribution in [0, 0.1) is 6.92 Å². The minimum Gasteiger partial charge on any atom is -0.243 e. The molecule has 1 nitrogen and oxygen atoms in total. The molecule has 0 saturated heterocycles. The highest BCUT2D eigenvalue weighted by Crippen LogP contribution is 2.40. The van der Waals surface area contributed by atoms with Crippen LogP contribution in [0.15, 0.2) is 17.2 Å². The minimum atomic E-state index is 0.590. The fourth-order valence-electron chi connectivity index (χ4n) is 0.998. The SMILES string of the molecule is Cc1cc(Cl)ncc1SC1CC1. The van der Waals surface area contributed by atoms with Gasteiger partial charge in [-0.1, -0.05) is 11.6 Å². The summed E-state index contributed by atoms with van der Waals surface area (Å²) in [6.45, 7) is 2.08. The van der Waals surface area contributed by atoms with Crippen LogP contribution in [0.3, 0.4) is 0 Å². The molecule has 1 aliphatic rings. The zero-order valence-electron chi connectivity index (χ0n) is 6.88. The quantitative estimate of drug-likeness (QED) is 0.678. The van der Waals surface area contributed by atoms with Crippen molar-refractivity contribution in [2.24, 2.45) is 0 Å². The summed E-state index contributed by atoms with van der Waals surface area (Å²) in [6, 6.07) is 1.92. The van der Waals surface area contributed by atoms with Crippen LogP contribution in [0.1, 0.15) is 18.4 Å². The van der Waals surface area contributed by atoms with E-state index in [0.29, 0.717) is 5.15 Å². The summed E-state index contributed by atoms with van der Waals surface area (Å²) in [5, 5.41) is 1.43. The summed E-state index contributed by atoms with van der Waals surface area (Å²) in [6.07, 6.45) is 4.58. The Morgan fingerprint density at radius 1 is 1.58 bits per heavy atom. The lowest BCUT2D eigenvalue weighted by Crippen LogP contribution is -1.84. The Hall–Kier alpha value is -0.210. The number of hydrogen-bond donors (Lipinski definition) is 0. The van der Waals surface area contributed by atoms with Gasteiger partial charge in [0.2, 0.25) is 0 Å². The van der Waals surface area contributed by atoms with Crippen LogP contribution in [0.5, 0.6) is 0 Å². The first-order valence-corrected chi connectivity index (χ1v) is 5.30. The molecular weight excluding hydrogens is 190 g/mol. The van der Waals surface area contributed by atoms with E-state index >= 15 is 0 Å². The van der Waals surface area contributed by atoms with Crippen molar-refractivity contribution < 1.29 is 0 Å². The summed E-state index contributed by atoms with van der Waals surface area (Å²) in [7, 11) is 0. The molecule has 64 valence electrons. The number of aromatic nitrogens is 1. The van der Waals surface area contributed by atoms with Gasteiger partial charge in [0, 0.05) is 16.3 Å². The van der Waals surface area contributed by atoms with Gasteiger partial charge >= 0.3 is 0 Å². The lowest BCUT2D eigenvalue weighted by molar-refractivity contribution is 1.17. The first-order valence-electron chi connectivity index (χ1n) is 4.04. The van der Waals surface area contributed by atoms with Gasteiger partial charge in [-0.25, -0.2) is 4.98 Å². The van der Waals surface area contributed by atoms with E-state index in [0.717, 1.165) is 5.25 Å². The average molecular weight is 200 g/mol. The van der Waals surface area contributed by atoms with Gasteiger partial charge in [0.15, 0.2) is 0 Å².